The molecule has 3 rings (SSSR count). The van der Waals surface area contributed by atoms with Gasteiger partial charge in [-0.15, -0.1) is 4.91 Å². The molecule has 2 heterocycles. The van der Waals surface area contributed by atoms with Gasteiger partial charge in [0.1, 0.15) is 0 Å². The first-order valence-corrected chi connectivity index (χ1v) is 10.9. The molecule has 9 nitrogen and oxygen atoms in total. The average molecular weight is 456 g/mol. The Kier molecular flexibility index (Phi) is 8.11. The van der Waals surface area contributed by atoms with Crippen molar-refractivity contribution in [1.82, 2.24) is 4.57 Å². The summed E-state index contributed by atoms with van der Waals surface area (Å²) in [5.41, 5.74) is 1.42. The van der Waals surface area contributed by atoms with Crippen molar-refractivity contribution in [2.24, 2.45) is 12.2 Å². The third kappa shape index (κ3) is 6.35. The van der Waals surface area contributed by atoms with Crippen molar-refractivity contribution in [3.8, 4) is 0 Å². The molecule has 0 atom stereocenters. The Morgan fingerprint density at radius 3 is 2.42 bits per heavy atom. The Morgan fingerprint density at radius 1 is 1.06 bits per heavy atom. The molecule has 2 aromatic rings. The predicted molar refractivity (Wildman–Crippen MR) is 119 cm³/mol. The highest BCUT2D eigenvalue weighted by Crippen LogP contribution is 2.27. The molecule has 0 bridgehead atoms. The quantitative estimate of drug-likeness (QED) is 0.233. The Hall–Kier alpha value is -3.33. The zero-order valence-electron chi connectivity index (χ0n) is 18.9. The van der Waals surface area contributed by atoms with Gasteiger partial charge in [-0.05, 0) is 30.7 Å². The number of hydrogen-bond donors (Lipinski definition) is 0. The summed E-state index contributed by atoms with van der Waals surface area (Å²) in [5, 5.41) is 2.98. The maximum atomic E-state index is 12.7. The molecule has 9 heteroatoms. The van der Waals surface area contributed by atoms with Gasteiger partial charge in [0.2, 0.25) is 11.5 Å². The van der Waals surface area contributed by atoms with Crippen LogP contribution in [0.5, 0.6) is 0 Å². The second-order valence-corrected chi connectivity index (χ2v) is 8.09. The molecule has 0 unspecified atom stereocenters. The van der Waals surface area contributed by atoms with Gasteiger partial charge in [-0.25, -0.2) is 0 Å². The van der Waals surface area contributed by atoms with Gasteiger partial charge in [0.15, 0.2) is 0 Å². The molecular weight excluding hydrogens is 428 g/mol. The summed E-state index contributed by atoms with van der Waals surface area (Å²) < 4.78 is 17.3. The number of esters is 2. The van der Waals surface area contributed by atoms with E-state index in [1.807, 2.05) is 19.1 Å². The van der Waals surface area contributed by atoms with Crippen LogP contribution < -0.4 is 0 Å². The van der Waals surface area contributed by atoms with Crippen LogP contribution in [0.2, 0.25) is 0 Å². The normalized spacial score (nSPS) is 15.0. The van der Waals surface area contributed by atoms with E-state index in [1.165, 1.54) is 0 Å². The minimum atomic E-state index is -1.35. The van der Waals surface area contributed by atoms with Gasteiger partial charge >= 0.3 is 11.9 Å². The van der Waals surface area contributed by atoms with Crippen molar-refractivity contribution < 1.29 is 28.6 Å². The fraction of sp³-hybridized carbons (Fsp3) is 0.458. The number of rotatable bonds is 10. The van der Waals surface area contributed by atoms with Gasteiger partial charge in [-0.2, -0.15) is 0 Å². The lowest BCUT2D eigenvalue weighted by molar-refractivity contribution is -0.169. The number of ether oxygens (including phenoxy) is 3. The minimum absolute atomic E-state index is 0.000295. The zero-order chi connectivity index (χ0) is 23.8. The molecule has 1 aliphatic rings. The highest BCUT2D eigenvalue weighted by Gasteiger charge is 2.38. The van der Waals surface area contributed by atoms with E-state index in [0.717, 1.165) is 5.56 Å². The zero-order valence-corrected chi connectivity index (χ0v) is 18.9. The van der Waals surface area contributed by atoms with Crippen LogP contribution in [0.25, 0.3) is 0 Å². The SMILES string of the molecule is Cc1ccc(C(=O)c2ccc(CC(=O)OCCCC(=O)OC3(N=O)CCOCC3)n2C)cc1. The van der Waals surface area contributed by atoms with Crippen molar-refractivity contribution in [1.29, 1.82) is 0 Å². The standard InChI is InChI=1S/C24H28N2O7/c1-17-5-7-18(8-6-17)23(29)20-10-9-19(26(20)2)16-22(28)32-13-3-4-21(27)33-24(25-30)11-14-31-15-12-24/h5-10H,3-4,11-16H2,1-2H3. The highest BCUT2D eigenvalue weighted by molar-refractivity contribution is 6.08. The number of nitroso groups, excluding NO2 is 1. The Labute approximate surface area is 192 Å². The molecule has 1 aromatic heterocycles. The van der Waals surface area contributed by atoms with Crippen molar-refractivity contribution in [2.75, 3.05) is 19.8 Å². The first-order valence-electron chi connectivity index (χ1n) is 10.9. The van der Waals surface area contributed by atoms with Gasteiger partial charge in [0.25, 0.3) is 0 Å². The van der Waals surface area contributed by atoms with Gasteiger partial charge < -0.3 is 18.8 Å². The van der Waals surface area contributed by atoms with E-state index in [2.05, 4.69) is 5.18 Å². The van der Waals surface area contributed by atoms with Crippen molar-refractivity contribution in [2.45, 2.75) is 44.8 Å². The number of benzene rings is 1. The lowest BCUT2D eigenvalue weighted by atomic mass is 10.1. The van der Waals surface area contributed by atoms with Gasteiger partial charge in [0.05, 0.1) is 31.9 Å². The molecule has 1 aromatic carbocycles. The second-order valence-electron chi connectivity index (χ2n) is 8.09. The number of hydrogen-bond acceptors (Lipinski definition) is 8. The number of aryl methyl sites for hydroxylation is 1. The van der Waals surface area contributed by atoms with Crippen LogP contribution in [0.1, 0.15) is 53.0 Å². The molecule has 0 saturated carbocycles. The number of aromatic nitrogens is 1. The Balaban J connectivity index is 1.44. The highest BCUT2D eigenvalue weighted by atomic mass is 16.6. The molecule has 0 radical (unpaired) electrons. The van der Waals surface area contributed by atoms with Crippen LogP contribution in [0, 0.1) is 11.8 Å². The predicted octanol–water partition coefficient (Wildman–Crippen LogP) is 3.25. The molecule has 0 amide bonds. The van der Waals surface area contributed by atoms with Crippen LogP contribution in [-0.2, 0) is 37.3 Å². The molecule has 0 spiro atoms. The second kappa shape index (κ2) is 11.0. The molecule has 176 valence electrons. The third-order valence-electron chi connectivity index (χ3n) is 5.63. The number of carbonyl (C=O) groups excluding carboxylic acids is 3. The molecule has 1 fully saturated rings. The number of carbonyl (C=O) groups is 3. The molecule has 1 saturated heterocycles. The molecule has 1 aliphatic heterocycles. The minimum Gasteiger partial charge on any atom is -0.465 e. The van der Waals surface area contributed by atoms with E-state index in [-0.39, 0.29) is 44.5 Å². The summed E-state index contributed by atoms with van der Waals surface area (Å²) in [6.45, 7) is 2.62. The summed E-state index contributed by atoms with van der Waals surface area (Å²) in [5.74, 6) is -1.15. The van der Waals surface area contributed by atoms with E-state index < -0.39 is 17.7 Å². The lowest BCUT2D eigenvalue weighted by Crippen LogP contribution is -2.38. The first-order chi connectivity index (χ1) is 15.8. The first kappa shape index (κ1) is 24.3. The summed E-state index contributed by atoms with van der Waals surface area (Å²) >= 11 is 0. The number of ketones is 1. The van der Waals surface area contributed by atoms with Crippen molar-refractivity contribution in [3.05, 3.63) is 63.8 Å². The monoisotopic (exact) mass is 456 g/mol. The summed E-state index contributed by atoms with van der Waals surface area (Å²) in [6, 6.07) is 10.7. The van der Waals surface area contributed by atoms with Crippen LogP contribution in [0.15, 0.2) is 41.6 Å². The summed E-state index contributed by atoms with van der Waals surface area (Å²) in [4.78, 5) is 48.0. The Bertz CT molecular complexity index is 1000. The van der Waals surface area contributed by atoms with Gasteiger partial charge in [-0.3, -0.25) is 14.4 Å². The van der Waals surface area contributed by atoms with Gasteiger partial charge in [-0.1, -0.05) is 29.8 Å². The van der Waals surface area contributed by atoms with Crippen LogP contribution in [-0.4, -0.2) is 47.8 Å². The smallest absolute Gasteiger partial charge is 0.311 e. The lowest BCUT2D eigenvalue weighted by Gasteiger charge is -2.29. The average Bonchev–Trinajstić information content (AvgIpc) is 3.17. The fourth-order valence-electron chi connectivity index (χ4n) is 3.58. The number of nitrogens with zero attached hydrogens (tertiary/aromatic N) is 2. The fourth-order valence-corrected chi connectivity index (χ4v) is 3.58. The van der Waals surface area contributed by atoms with E-state index in [4.69, 9.17) is 14.2 Å². The molecular formula is C24H28N2O7. The Morgan fingerprint density at radius 2 is 1.76 bits per heavy atom. The van der Waals surface area contributed by atoms with Gasteiger partial charge in [0, 0.05) is 37.6 Å². The van der Waals surface area contributed by atoms with Crippen molar-refractivity contribution in [3.63, 3.8) is 0 Å². The van der Waals surface area contributed by atoms with Crippen molar-refractivity contribution >= 4 is 17.7 Å². The maximum Gasteiger partial charge on any atom is 0.311 e. The van der Waals surface area contributed by atoms with Crippen LogP contribution in [0.3, 0.4) is 0 Å². The largest absolute Gasteiger partial charge is 0.465 e. The van der Waals surface area contributed by atoms with Crippen LogP contribution >= 0.6 is 0 Å². The van der Waals surface area contributed by atoms with E-state index >= 15 is 0 Å². The van der Waals surface area contributed by atoms with E-state index in [0.29, 0.717) is 30.2 Å². The molecule has 0 N–H and O–H groups in total. The summed E-state index contributed by atoms with van der Waals surface area (Å²) in [6.07, 6.45) is 0.746. The van der Waals surface area contributed by atoms with Crippen LogP contribution in [0.4, 0.5) is 0 Å². The third-order valence-corrected chi connectivity index (χ3v) is 5.63. The topological polar surface area (TPSA) is 113 Å². The molecule has 0 aliphatic carbocycles. The maximum absolute atomic E-state index is 12.7. The molecule has 33 heavy (non-hydrogen) atoms. The van der Waals surface area contributed by atoms with E-state index in [9.17, 15) is 19.3 Å². The van der Waals surface area contributed by atoms with E-state index in [1.54, 1.807) is 35.9 Å². The summed E-state index contributed by atoms with van der Waals surface area (Å²) in [7, 11) is 1.73.